The highest BCUT2D eigenvalue weighted by atomic mass is 16.3. The fourth-order valence-electron chi connectivity index (χ4n) is 8.40. The van der Waals surface area contributed by atoms with Gasteiger partial charge in [-0.25, -0.2) is 0 Å². The van der Waals surface area contributed by atoms with Crippen molar-refractivity contribution in [1.82, 2.24) is 9.13 Å². The Morgan fingerprint density at radius 1 is 0.346 bits per heavy atom. The Kier molecular flexibility index (Phi) is 6.17. The predicted molar refractivity (Wildman–Crippen MR) is 218 cm³/mol. The molecule has 0 amide bonds. The average Bonchev–Trinajstić information content (AvgIpc) is 3.86. The van der Waals surface area contributed by atoms with E-state index in [2.05, 4.69) is 192 Å². The molecule has 3 heterocycles. The van der Waals surface area contributed by atoms with Crippen LogP contribution in [0.2, 0.25) is 0 Å². The molecule has 3 heteroatoms. The van der Waals surface area contributed by atoms with Crippen LogP contribution in [0.3, 0.4) is 0 Å². The van der Waals surface area contributed by atoms with Crippen LogP contribution in [0, 0.1) is 6.92 Å². The normalized spacial score (nSPS) is 11.9. The lowest BCUT2D eigenvalue weighted by Crippen LogP contribution is -1.94. The van der Waals surface area contributed by atoms with Crippen LogP contribution in [-0.4, -0.2) is 9.13 Å². The number of para-hydroxylation sites is 4. The lowest BCUT2D eigenvalue weighted by Gasteiger charge is -2.10. The van der Waals surface area contributed by atoms with Gasteiger partial charge in [0.05, 0.1) is 27.8 Å². The maximum atomic E-state index is 6.65. The summed E-state index contributed by atoms with van der Waals surface area (Å²) in [6.07, 6.45) is 0. The Bertz CT molecular complexity index is 3180. The van der Waals surface area contributed by atoms with Crippen molar-refractivity contribution in [3.05, 3.63) is 181 Å². The number of fused-ring (bicyclic) bond motifs is 9. The number of furan rings is 1. The van der Waals surface area contributed by atoms with Gasteiger partial charge in [0.1, 0.15) is 5.58 Å². The van der Waals surface area contributed by atoms with Crippen molar-refractivity contribution in [2.45, 2.75) is 6.92 Å². The zero-order valence-electron chi connectivity index (χ0n) is 28.5. The van der Waals surface area contributed by atoms with E-state index in [0.29, 0.717) is 0 Å². The first-order valence-corrected chi connectivity index (χ1v) is 17.9. The summed E-state index contributed by atoms with van der Waals surface area (Å²) in [7, 11) is 0. The van der Waals surface area contributed by atoms with E-state index in [4.69, 9.17) is 4.42 Å². The van der Waals surface area contributed by atoms with Crippen LogP contribution in [0.1, 0.15) is 5.56 Å². The second-order valence-corrected chi connectivity index (χ2v) is 13.8. The van der Waals surface area contributed by atoms with Gasteiger partial charge in [0.25, 0.3) is 0 Å². The van der Waals surface area contributed by atoms with E-state index in [1.54, 1.807) is 0 Å². The molecule has 0 radical (unpaired) electrons. The van der Waals surface area contributed by atoms with Gasteiger partial charge >= 0.3 is 0 Å². The SMILES string of the molecule is Cc1cccc2c1oc1c(-n3c4ccccc4c4cc(-c5ccc6c(c5)c5cc(-c7ccccc7)ccc5n6-c5ccccc5)ccc43)cccc12. The minimum absolute atomic E-state index is 0.911. The zero-order chi connectivity index (χ0) is 34.3. The summed E-state index contributed by atoms with van der Waals surface area (Å²) < 4.78 is 11.4. The highest BCUT2D eigenvalue weighted by molar-refractivity contribution is 6.15. The fraction of sp³-hybridized carbons (Fsp3) is 0.0204. The Balaban J connectivity index is 1.13. The molecule has 0 aliphatic carbocycles. The number of hydrogen-bond donors (Lipinski definition) is 0. The molecule has 52 heavy (non-hydrogen) atoms. The van der Waals surface area contributed by atoms with E-state index in [9.17, 15) is 0 Å². The summed E-state index contributed by atoms with van der Waals surface area (Å²) in [5.74, 6) is 0. The van der Waals surface area contributed by atoms with E-state index in [1.165, 1.54) is 54.8 Å². The van der Waals surface area contributed by atoms with Gasteiger partial charge in [-0.2, -0.15) is 0 Å². The van der Waals surface area contributed by atoms with Gasteiger partial charge < -0.3 is 13.6 Å². The first kappa shape index (κ1) is 28.9. The molecule has 0 aliphatic heterocycles. The molecule has 0 aliphatic rings. The van der Waals surface area contributed by atoms with Crippen molar-refractivity contribution in [2.24, 2.45) is 0 Å². The molecular formula is C49H32N2O. The summed E-state index contributed by atoms with van der Waals surface area (Å²) in [6, 6.07) is 63.7. The zero-order valence-corrected chi connectivity index (χ0v) is 28.5. The van der Waals surface area contributed by atoms with Crippen molar-refractivity contribution < 1.29 is 4.42 Å². The maximum absolute atomic E-state index is 6.65. The predicted octanol–water partition coefficient (Wildman–Crippen LogP) is 13.4. The van der Waals surface area contributed by atoms with Gasteiger partial charge in [-0.1, -0.05) is 115 Å². The van der Waals surface area contributed by atoms with Gasteiger partial charge in [-0.15, -0.1) is 0 Å². The minimum Gasteiger partial charge on any atom is -0.454 e. The molecule has 11 aromatic rings. The number of hydrogen-bond acceptors (Lipinski definition) is 1. The molecule has 3 aromatic heterocycles. The van der Waals surface area contributed by atoms with E-state index in [-0.39, 0.29) is 0 Å². The summed E-state index contributed by atoms with van der Waals surface area (Å²) in [4.78, 5) is 0. The van der Waals surface area contributed by atoms with Crippen LogP contribution in [0.15, 0.2) is 180 Å². The molecule has 0 saturated heterocycles. The van der Waals surface area contributed by atoms with Crippen LogP contribution in [0.25, 0.3) is 99.2 Å². The topological polar surface area (TPSA) is 23.0 Å². The van der Waals surface area contributed by atoms with Crippen molar-refractivity contribution in [3.63, 3.8) is 0 Å². The first-order valence-electron chi connectivity index (χ1n) is 17.9. The third-order valence-corrected chi connectivity index (χ3v) is 10.8. The molecule has 0 N–H and O–H groups in total. The molecule has 0 fully saturated rings. The summed E-state index contributed by atoms with van der Waals surface area (Å²) in [6.45, 7) is 2.12. The lowest BCUT2D eigenvalue weighted by atomic mass is 9.99. The van der Waals surface area contributed by atoms with Crippen LogP contribution in [-0.2, 0) is 0 Å². The summed E-state index contributed by atoms with van der Waals surface area (Å²) in [5.41, 5.74) is 14.8. The van der Waals surface area contributed by atoms with Crippen LogP contribution in [0.4, 0.5) is 0 Å². The van der Waals surface area contributed by atoms with Crippen LogP contribution < -0.4 is 0 Å². The first-order chi connectivity index (χ1) is 25.7. The van der Waals surface area contributed by atoms with Crippen molar-refractivity contribution >= 4 is 65.6 Å². The van der Waals surface area contributed by atoms with Crippen molar-refractivity contribution in [2.75, 3.05) is 0 Å². The van der Waals surface area contributed by atoms with Crippen LogP contribution in [0.5, 0.6) is 0 Å². The summed E-state index contributed by atoms with van der Waals surface area (Å²) >= 11 is 0. The molecule has 0 bridgehead atoms. The molecule has 11 rings (SSSR count). The largest absolute Gasteiger partial charge is 0.454 e. The highest BCUT2D eigenvalue weighted by Gasteiger charge is 2.19. The van der Waals surface area contributed by atoms with Gasteiger partial charge in [0.2, 0.25) is 0 Å². The second kappa shape index (κ2) is 11.1. The van der Waals surface area contributed by atoms with E-state index in [1.807, 2.05) is 0 Å². The molecule has 8 aromatic carbocycles. The van der Waals surface area contributed by atoms with Crippen LogP contribution >= 0.6 is 0 Å². The van der Waals surface area contributed by atoms with Gasteiger partial charge in [-0.05, 0) is 95.4 Å². The third kappa shape index (κ3) is 4.20. The Labute approximate surface area is 300 Å². The van der Waals surface area contributed by atoms with Gasteiger partial charge in [0.15, 0.2) is 5.58 Å². The second-order valence-electron chi connectivity index (χ2n) is 13.8. The average molecular weight is 665 g/mol. The Hall–Kier alpha value is -6.84. The molecule has 0 spiro atoms. The van der Waals surface area contributed by atoms with Gasteiger partial charge in [0, 0.05) is 38.0 Å². The Morgan fingerprint density at radius 2 is 0.846 bits per heavy atom. The molecule has 0 atom stereocenters. The standard InChI is InChI=1S/C49H32N2O/c1-31-12-10-18-38-39-19-11-21-47(49(39)52-48(31)38)51-43-20-9-8-17-37(43)40-29-34(24-27-46(40)51)35-23-26-45-42(30-35)41-28-33(32-13-4-2-5-14-32)22-25-44(41)50(45)36-15-6-3-7-16-36/h2-30H,1H3. The number of rotatable bonds is 4. The fourth-order valence-corrected chi connectivity index (χ4v) is 8.40. The smallest absolute Gasteiger partial charge is 0.159 e. The molecular weight excluding hydrogens is 633 g/mol. The number of benzene rings is 8. The lowest BCUT2D eigenvalue weighted by molar-refractivity contribution is 0.663. The minimum atomic E-state index is 0.911. The quantitative estimate of drug-likeness (QED) is 0.184. The number of aryl methyl sites for hydroxylation is 1. The number of nitrogens with zero attached hydrogens (tertiary/aromatic N) is 2. The van der Waals surface area contributed by atoms with Crippen molar-refractivity contribution in [1.29, 1.82) is 0 Å². The molecule has 3 nitrogen and oxygen atoms in total. The van der Waals surface area contributed by atoms with Gasteiger partial charge in [-0.3, -0.25) is 0 Å². The van der Waals surface area contributed by atoms with E-state index in [0.717, 1.165) is 49.9 Å². The van der Waals surface area contributed by atoms with Crippen molar-refractivity contribution in [3.8, 4) is 33.6 Å². The Morgan fingerprint density at radius 3 is 1.54 bits per heavy atom. The molecule has 0 unspecified atom stereocenters. The molecule has 0 saturated carbocycles. The monoisotopic (exact) mass is 664 g/mol. The number of aromatic nitrogens is 2. The molecule has 244 valence electrons. The third-order valence-electron chi connectivity index (χ3n) is 10.8. The highest BCUT2D eigenvalue weighted by Crippen LogP contribution is 2.41. The van der Waals surface area contributed by atoms with E-state index >= 15 is 0 Å². The van der Waals surface area contributed by atoms with E-state index < -0.39 is 0 Å². The maximum Gasteiger partial charge on any atom is 0.159 e. The summed E-state index contributed by atoms with van der Waals surface area (Å²) in [5, 5.41) is 7.21.